The minimum atomic E-state index is -0.445. The summed E-state index contributed by atoms with van der Waals surface area (Å²) in [6.07, 6.45) is 0.816. The highest BCUT2D eigenvalue weighted by Gasteiger charge is 2.25. The number of hydrogen-bond acceptors (Lipinski definition) is 7. The Kier molecular flexibility index (Phi) is 8.57. The minimum absolute atomic E-state index is 0.0260. The number of methoxy groups -OCH3 is 3. The second-order valence-corrected chi connectivity index (χ2v) is 6.62. The molecule has 3 amide bonds. The molecule has 0 unspecified atom stereocenters. The van der Waals surface area contributed by atoms with Crippen LogP contribution in [0.3, 0.4) is 0 Å². The van der Waals surface area contributed by atoms with E-state index in [1.165, 1.54) is 33.5 Å². The maximum absolute atomic E-state index is 12.5. The number of nitrogens with one attached hydrogen (secondary N) is 2. The lowest BCUT2D eigenvalue weighted by molar-refractivity contribution is -0.131. The van der Waals surface area contributed by atoms with Crippen molar-refractivity contribution in [3.63, 3.8) is 0 Å². The number of carbonyl (C=O) groups is 3. The molecule has 1 heterocycles. The van der Waals surface area contributed by atoms with E-state index in [2.05, 4.69) is 10.6 Å². The van der Waals surface area contributed by atoms with Gasteiger partial charge in [-0.3, -0.25) is 9.59 Å². The Hall–Kier alpha value is -3.17. The van der Waals surface area contributed by atoms with Crippen molar-refractivity contribution < 1.29 is 33.3 Å². The Bertz CT molecular complexity index is 736. The van der Waals surface area contributed by atoms with Gasteiger partial charge in [-0.15, -0.1) is 0 Å². The summed E-state index contributed by atoms with van der Waals surface area (Å²) in [6.45, 7) is 2.92. The number of ether oxygens (including phenoxy) is 4. The van der Waals surface area contributed by atoms with Crippen LogP contribution in [0.1, 0.15) is 30.1 Å². The van der Waals surface area contributed by atoms with Crippen LogP contribution in [0.5, 0.6) is 17.2 Å². The molecule has 10 heteroatoms. The van der Waals surface area contributed by atoms with Crippen LogP contribution in [0.15, 0.2) is 12.1 Å². The van der Waals surface area contributed by atoms with Crippen molar-refractivity contribution in [1.29, 1.82) is 0 Å². The van der Waals surface area contributed by atoms with Crippen LogP contribution < -0.4 is 24.8 Å². The first-order valence-electron chi connectivity index (χ1n) is 9.72. The van der Waals surface area contributed by atoms with Crippen LogP contribution in [0.25, 0.3) is 0 Å². The summed E-state index contributed by atoms with van der Waals surface area (Å²) in [7, 11) is 4.40. The molecule has 0 atom stereocenters. The predicted molar refractivity (Wildman–Crippen MR) is 108 cm³/mol. The molecule has 0 spiro atoms. The molecule has 0 aromatic heterocycles. The highest BCUT2D eigenvalue weighted by Crippen LogP contribution is 2.38. The molecule has 166 valence electrons. The summed E-state index contributed by atoms with van der Waals surface area (Å²) in [5.74, 6) is 0.466. The summed E-state index contributed by atoms with van der Waals surface area (Å²) in [4.78, 5) is 38.1. The normalized spacial score (nSPS) is 13.9. The smallest absolute Gasteiger partial charge is 0.407 e. The Morgan fingerprint density at radius 2 is 1.63 bits per heavy atom. The first-order valence-corrected chi connectivity index (χ1v) is 9.72. The molecule has 10 nitrogen and oxygen atoms in total. The monoisotopic (exact) mass is 423 g/mol. The fourth-order valence-electron chi connectivity index (χ4n) is 3.19. The summed E-state index contributed by atoms with van der Waals surface area (Å²) >= 11 is 0. The molecule has 2 N–H and O–H groups in total. The van der Waals surface area contributed by atoms with E-state index in [0.29, 0.717) is 49.8 Å². The van der Waals surface area contributed by atoms with Crippen LogP contribution >= 0.6 is 0 Å². The molecule has 1 aromatic rings. The summed E-state index contributed by atoms with van der Waals surface area (Å²) in [5, 5.41) is 5.40. The second-order valence-electron chi connectivity index (χ2n) is 6.62. The van der Waals surface area contributed by atoms with Crippen molar-refractivity contribution in [3.05, 3.63) is 17.7 Å². The first-order chi connectivity index (χ1) is 14.4. The fraction of sp³-hybridized carbons (Fsp3) is 0.550. The largest absolute Gasteiger partial charge is 0.493 e. The number of likely N-dealkylation sites (tertiary alicyclic amines) is 1. The molecule has 1 saturated heterocycles. The van der Waals surface area contributed by atoms with Crippen LogP contribution in [0.2, 0.25) is 0 Å². The lowest BCUT2D eigenvalue weighted by Gasteiger charge is -2.32. The van der Waals surface area contributed by atoms with Gasteiger partial charge in [0.2, 0.25) is 11.7 Å². The number of nitrogens with zero attached hydrogens (tertiary/aromatic N) is 1. The molecule has 1 aromatic carbocycles. The second kappa shape index (κ2) is 11.1. The van der Waals surface area contributed by atoms with Crippen molar-refractivity contribution in [2.75, 3.05) is 47.6 Å². The number of rotatable bonds is 8. The van der Waals surface area contributed by atoms with Crippen molar-refractivity contribution in [1.82, 2.24) is 15.5 Å². The molecule has 2 rings (SSSR count). The van der Waals surface area contributed by atoms with Crippen LogP contribution in [0, 0.1) is 0 Å². The molecule has 0 bridgehead atoms. The van der Waals surface area contributed by atoms with Gasteiger partial charge in [0.1, 0.15) is 0 Å². The van der Waals surface area contributed by atoms with E-state index >= 15 is 0 Å². The molecule has 0 aliphatic carbocycles. The van der Waals surface area contributed by atoms with Gasteiger partial charge in [-0.1, -0.05) is 0 Å². The molecule has 1 aliphatic rings. The third-order valence-corrected chi connectivity index (χ3v) is 4.77. The van der Waals surface area contributed by atoms with Gasteiger partial charge >= 0.3 is 6.09 Å². The highest BCUT2D eigenvalue weighted by molar-refractivity contribution is 5.97. The fourth-order valence-corrected chi connectivity index (χ4v) is 3.19. The number of amides is 3. The summed E-state index contributed by atoms with van der Waals surface area (Å²) < 4.78 is 20.6. The number of carbonyl (C=O) groups excluding carboxylic acids is 3. The summed E-state index contributed by atoms with van der Waals surface area (Å²) in [5.41, 5.74) is 0.287. The Labute approximate surface area is 175 Å². The number of benzene rings is 1. The molecular formula is C20H29N3O7. The molecule has 0 saturated carbocycles. The number of alkyl carbamates (subject to hydrolysis) is 1. The third kappa shape index (κ3) is 5.91. The zero-order valence-electron chi connectivity index (χ0n) is 17.8. The Morgan fingerprint density at radius 3 is 2.13 bits per heavy atom. The van der Waals surface area contributed by atoms with Crippen LogP contribution in [-0.4, -0.2) is 76.4 Å². The van der Waals surface area contributed by atoms with Crippen LogP contribution in [-0.2, 0) is 9.53 Å². The van der Waals surface area contributed by atoms with Crippen molar-refractivity contribution in [2.45, 2.75) is 25.8 Å². The van der Waals surface area contributed by atoms with Crippen molar-refractivity contribution in [2.24, 2.45) is 0 Å². The maximum atomic E-state index is 12.5. The van der Waals surface area contributed by atoms with Gasteiger partial charge in [0.15, 0.2) is 11.5 Å². The van der Waals surface area contributed by atoms with Gasteiger partial charge in [-0.2, -0.15) is 0 Å². The third-order valence-electron chi connectivity index (χ3n) is 4.77. The van der Waals surface area contributed by atoms with Crippen molar-refractivity contribution >= 4 is 17.9 Å². The van der Waals surface area contributed by atoms with Gasteiger partial charge in [-0.05, 0) is 31.9 Å². The zero-order valence-corrected chi connectivity index (χ0v) is 17.8. The molecule has 30 heavy (non-hydrogen) atoms. The van der Waals surface area contributed by atoms with E-state index < -0.39 is 12.0 Å². The SMILES string of the molecule is CCOC(=O)NC1CCN(C(=O)CNC(=O)c2cc(OC)c(OC)c(OC)c2)CC1. The number of piperidine rings is 1. The molecule has 1 aliphatic heterocycles. The minimum Gasteiger partial charge on any atom is -0.493 e. The van der Waals surface area contributed by atoms with Gasteiger partial charge < -0.3 is 34.5 Å². The molecule has 0 radical (unpaired) electrons. The molecule has 1 fully saturated rings. The predicted octanol–water partition coefficient (Wildman–Crippen LogP) is 1.18. The average molecular weight is 423 g/mol. The quantitative estimate of drug-likeness (QED) is 0.645. The highest BCUT2D eigenvalue weighted by atomic mass is 16.5. The topological polar surface area (TPSA) is 115 Å². The number of hydrogen-bond donors (Lipinski definition) is 2. The van der Waals surface area contributed by atoms with E-state index in [-0.39, 0.29) is 24.1 Å². The lowest BCUT2D eigenvalue weighted by Crippen LogP contribution is -2.49. The van der Waals surface area contributed by atoms with Crippen LogP contribution in [0.4, 0.5) is 4.79 Å². The summed E-state index contributed by atoms with van der Waals surface area (Å²) in [6, 6.07) is 3.02. The average Bonchev–Trinajstić information content (AvgIpc) is 2.76. The molecular weight excluding hydrogens is 394 g/mol. The van der Waals surface area contributed by atoms with Gasteiger partial charge in [-0.25, -0.2) is 4.79 Å². The van der Waals surface area contributed by atoms with Crippen molar-refractivity contribution in [3.8, 4) is 17.2 Å². The van der Waals surface area contributed by atoms with Gasteiger partial charge in [0, 0.05) is 24.7 Å². The zero-order chi connectivity index (χ0) is 22.1. The standard InChI is InChI=1S/C20H29N3O7/c1-5-30-20(26)22-14-6-8-23(9-7-14)17(24)12-21-19(25)13-10-15(27-2)18(29-4)16(11-13)28-3/h10-11,14H,5-9,12H2,1-4H3,(H,21,25)(H,22,26). The van der Waals surface area contributed by atoms with E-state index in [1.54, 1.807) is 11.8 Å². The van der Waals surface area contributed by atoms with E-state index in [0.717, 1.165) is 0 Å². The van der Waals surface area contributed by atoms with E-state index in [9.17, 15) is 14.4 Å². The Balaban J connectivity index is 1.88. The van der Waals surface area contributed by atoms with E-state index in [4.69, 9.17) is 18.9 Å². The Morgan fingerprint density at radius 1 is 1.03 bits per heavy atom. The maximum Gasteiger partial charge on any atom is 0.407 e. The lowest BCUT2D eigenvalue weighted by atomic mass is 10.1. The van der Waals surface area contributed by atoms with Gasteiger partial charge in [0.25, 0.3) is 5.91 Å². The van der Waals surface area contributed by atoms with E-state index in [1.807, 2.05) is 0 Å². The van der Waals surface area contributed by atoms with Gasteiger partial charge in [0.05, 0.1) is 34.5 Å². The first kappa shape index (κ1) is 23.1.